The molecule has 0 atom stereocenters. The molecule has 6 heteroatoms. The predicted octanol–water partition coefficient (Wildman–Crippen LogP) is 0.0340. The monoisotopic (exact) mass is 241 g/mol. The van der Waals surface area contributed by atoms with Gasteiger partial charge >= 0.3 is 0 Å². The van der Waals surface area contributed by atoms with Crippen LogP contribution in [0.5, 0.6) is 0 Å². The van der Waals surface area contributed by atoms with Crippen LogP contribution < -0.4 is 0 Å². The van der Waals surface area contributed by atoms with Crippen LogP contribution in [-0.2, 0) is 13.0 Å². The Balaban J connectivity index is 3.16. The number of hydrogen-bond donors (Lipinski definition) is 2. The van der Waals surface area contributed by atoms with E-state index in [0.717, 1.165) is 0 Å². The van der Waals surface area contributed by atoms with E-state index in [1.54, 1.807) is 0 Å². The van der Waals surface area contributed by atoms with Gasteiger partial charge in [-0.2, -0.15) is 0 Å². The van der Waals surface area contributed by atoms with Gasteiger partial charge in [0.05, 0.1) is 18.8 Å². The molecule has 0 aliphatic rings. The molecular weight excluding hydrogens is 222 g/mol. The van der Waals surface area contributed by atoms with Gasteiger partial charge in [0.2, 0.25) is 0 Å². The Morgan fingerprint density at radius 2 is 1.94 bits per heavy atom. The number of rotatable bonds is 5. The minimum absolute atomic E-state index is 0.0811. The minimum atomic E-state index is -0.543. The third-order valence-corrected chi connectivity index (χ3v) is 2.36. The van der Waals surface area contributed by atoms with E-state index in [4.69, 9.17) is 10.2 Å². The van der Waals surface area contributed by atoms with E-state index in [1.807, 2.05) is 20.8 Å². The number of aliphatic hydroxyl groups excluding tert-OH is 2. The van der Waals surface area contributed by atoms with Gasteiger partial charge in [0, 0.05) is 18.4 Å². The molecule has 6 nitrogen and oxygen atoms in total. The van der Waals surface area contributed by atoms with Crippen LogP contribution in [-0.4, -0.2) is 44.2 Å². The topological polar surface area (TPSA) is 88.2 Å². The van der Waals surface area contributed by atoms with Gasteiger partial charge in [-0.25, -0.2) is 4.68 Å². The van der Waals surface area contributed by atoms with E-state index in [2.05, 4.69) is 10.3 Å². The number of carbonyl (C=O) groups excluding carboxylic acids is 1. The highest BCUT2D eigenvalue weighted by Gasteiger charge is 2.29. The van der Waals surface area contributed by atoms with Gasteiger partial charge < -0.3 is 10.2 Å². The molecule has 0 aliphatic heterocycles. The Bertz CT molecular complexity index is 370. The smallest absolute Gasteiger partial charge is 0.188 e. The van der Waals surface area contributed by atoms with Crippen LogP contribution in [0.1, 0.15) is 37.0 Å². The van der Waals surface area contributed by atoms with Gasteiger partial charge in [0.15, 0.2) is 5.78 Å². The van der Waals surface area contributed by atoms with E-state index < -0.39 is 5.41 Å². The number of ketones is 1. The van der Waals surface area contributed by atoms with Crippen LogP contribution in [0, 0.1) is 5.41 Å². The lowest BCUT2D eigenvalue weighted by molar-refractivity contribution is 0.0843. The van der Waals surface area contributed by atoms with E-state index >= 15 is 0 Å². The van der Waals surface area contributed by atoms with Crippen molar-refractivity contribution in [2.24, 2.45) is 5.41 Å². The van der Waals surface area contributed by atoms with Crippen molar-refractivity contribution < 1.29 is 15.0 Å². The zero-order valence-corrected chi connectivity index (χ0v) is 10.5. The van der Waals surface area contributed by atoms with Gasteiger partial charge in [-0.15, -0.1) is 5.10 Å². The maximum Gasteiger partial charge on any atom is 0.188 e. The average molecular weight is 241 g/mol. The van der Waals surface area contributed by atoms with E-state index in [1.165, 1.54) is 4.68 Å². The van der Waals surface area contributed by atoms with E-state index in [-0.39, 0.29) is 25.5 Å². The summed E-state index contributed by atoms with van der Waals surface area (Å²) in [7, 11) is 0. The number of Topliss-reactive ketones (excluding diaryl/α,β-unsaturated/α-hetero) is 1. The largest absolute Gasteiger partial charge is 0.396 e. The lowest BCUT2D eigenvalue weighted by Crippen LogP contribution is -2.25. The van der Waals surface area contributed by atoms with Crippen molar-refractivity contribution in [3.63, 3.8) is 0 Å². The second-order valence-electron chi connectivity index (χ2n) is 4.88. The normalized spacial score (nSPS) is 11.8. The van der Waals surface area contributed by atoms with Crippen LogP contribution >= 0.6 is 0 Å². The summed E-state index contributed by atoms with van der Waals surface area (Å²) < 4.78 is 1.40. The molecule has 0 amide bonds. The summed E-state index contributed by atoms with van der Waals surface area (Å²) in [5.41, 5.74) is 0.334. The first-order chi connectivity index (χ1) is 7.91. The lowest BCUT2D eigenvalue weighted by Gasteiger charge is -2.17. The Morgan fingerprint density at radius 1 is 1.29 bits per heavy atom. The molecule has 2 N–H and O–H groups in total. The fraction of sp³-hybridized carbons (Fsp3) is 0.727. The summed E-state index contributed by atoms with van der Waals surface area (Å²) in [6.45, 7) is 5.49. The third-order valence-electron chi connectivity index (χ3n) is 2.36. The summed E-state index contributed by atoms with van der Waals surface area (Å²) in [6, 6.07) is 0. The molecule has 17 heavy (non-hydrogen) atoms. The van der Waals surface area contributed by atoms with Gasteiger partial charge in [-0.05, 0) is 0 Å². The van der Waals surface area contributed by atoms with Crippen LogP contribution in [0.15, 0.2) is 0 Å². The maximum absolute atomic E-state index is 12.3. The highest BCUT2D eigenvalue weighted by atomic mass is 16.3. The number of aromatic nitrogens is 3. The summed E-state index contributed by atoms with van der Waals surface area (Å²) >= 11 is 0. The molecule has 0 radical (unpaired) electrons. The fourth-order valence-corrected chi connectivity index (χ4v) is 1.48. The standard InChI is InChI=1S/C11H19N3O3/c1-11(2,3)10(17)9-8(4-6-15)12-13-14(9)5-7-16/h15-16H,4-7H2,1-3H3. The first kappa shape index (κ1) is 13.8. The molecule has 0 bridgehead atoms. The van der Waals surface area contributed by atoms with Gasteiger partial charge in [-0.1, -0.05) is 26.0 Å². The summed E-state index contributed by atoms with van der Waals surface area (Å²) in [4.78, 5) is 12.3. The molecular formula is C11H19N3O3. The van der Waals surface area contributed by atoms with Crippen LogP contribution in [0.4, 0.5) is 0 Å². The predicted molar refractivity (Wildman–Crippen MR) is 61.7 cm³/mol. The SMILES string of the molecule is CC(C)(C)C(=O)c1c(CCO)nnn1CCO. The second-order valence-corrected chi connectivity index (χ2v) is 4.88. The number of aliphatic hydroxyl groups is 2. The molecule has 0 unspecified atom stereocenters. The molecule has 0 fully saturated rings. The van der Waals surface area contributed by atoms with Crippen LogP contribution in [0.25, 0.3) is 0 Å². The van der Waals surface area contributed by atoms with E-state index in [0.29, 0.717) is 17.8 Å². The van der Waals surface area contributed by atoms with Crippen LogP contribution in [0.3, 0.4) is 0 Å². The van der Waals surface area contributed by atoms with Crippen molar-refractivity contribution in [2.45, 2.75) is 33.7 Å². The first-order valence-corrected chi connectivity index (χ1v) is 5.60. The van der Waals surface area contributed by atoms with Gasteiger partial charge in [0.25, 0.3) is 0 Å². The highest BCUT2D eigenvalue weighted by Crippen LogP contribution is 2.22. The number of hydrogen-bond acceptors (Lipinski definition) is 5. The fourth-order valence-electron chi connectivity index (χ4n) is 1.48. The van der Waals surface area contributed by atoms with Crippen molar-refractivity contribution in [3.05, 3.63) is 11.4 Å². The molecule has 0 aliphatic carbocycles. The van der Waals surface area contributed by atoms with E-state index in [9.17, 15) is 4.79 Å². The summed E-state index contributed by atoms with van der Waals surface area (Å²) in [5, 5.41) is 25.6. The van der Waals surface area contributed by atoms with Crippen LogP contribution in [0.2, 0.25) is 0 Å². The van der Waals surface area contributed by atoms with Gasteiger partial charge in [-0.3, -0.25) is 4.79 Å². The maximum atomic E-state index is 12.3. The Morgan fingerprint density at radius 3 is 2.41 bits per heavy atom. The first-order valence-electron chi connectivity index (χ1n) is 5.60. The molecule has 1 aromatic heterocycles. The molecule has 0 aromatic carbocycles. The third kappa shape index (κ3) is 3.10. The zero-order chi connectivity index (χ0) is 13.1. The minimum Gasteiger partial charge on any atom is -0.396 e. The highest BCUT2D eigenvalue weighted by molar-refractivity contribution is 5.99. The van der Waals surface area contributed by atoms with Crippen molar-refractivity contribution in [2.75, 3.05) is 13.2 Å². The Labute approximate surface area is 100 Å². The zero-order valence-electron chi connectivity index (χ0n) is 10.5. The summed E-state index contributed by atoms with van der Waals surface area (Å²) in [6.07, 6.45) is 0.294. The van der Waals surface area contributed by atoms with Crippen molar-refractivity contribution >= 4 is 5.78 Å². The number of carbonyl (C=O) groups is 1. The quantitative estimate of drug-likeness (QED) is 0.710. The lowest BCUT2D eigenvalue weighted by atomic mass is 9.88. The Kier molecular flexibility index (Phi) is 4.36. The van der Waals surface area contributed by atoms with Gasteiger partial charge in [0.1, 0.15) is 5.69 Å². The average Bonchev–Trinajstić information content (AvgIpc) is 2.60. The molecule has 0 saturated heterocycles. The number of nitrogens with zero attached hydrogens (tertiary/aromatic N) is 3. The summed E-state index contributed by atoms with van der Waals surface area (Å²) in [5.74, 6) is -0.0839. The van der Waals surface area contributed by atoms with Crippen molar-refractivity contribution in [1.29, 1.82) is 0 Å². The second kappa shape index (κ2) is 5.37. The Hall–Kier alpha value is -1.27. The molecule has 0 spiro atoms. The molecule has 0 saturated carbocycles. The molecule has 96 valence electrons. The van der Waals surface area contributed by atoms with Crippen molar-refractivity contribution in [3.8, 4) is 0 Å². The van der Waals surface area contributed by atoms with Crippen molar-refractivity contribution in [1.82, 2.24) is 15.0 Å². The molecule has 1 heterocycles. The molecule has 1 rings (SSSR count). The molecule has 1 aromatic rings.